The van der Waals surface area contributed by atoms with Gasteiger partial charge in [0.15, 0.2) is 0 Å². The van der Waals surface area contributed by atoms with Crippen molar-refractivity contribution in [2.75, 3.05) is 13.1 Å². The Bertz CT molecular complexity index is 613. The second kappa shape index (κ2) is 7.87. The molecule has 1 heterocycles. The van der Waals surface area contributed by atoms with E-state index in [1.807, 2.05) is 18.2 Å². The molecule has 0 atom stereocenters. The predicted octanol–water partition coefficient (Wildman–Crippen LogP) is 3.25. The van der Waals surface area contributed by atoms with Crippen molar-refractivity contribution in [3.63, 3.8) is 0 Å². The molecule has 1 aromatic carbocycles. The van der Waals surface area contributed by atoms with E-state index >= 15 is 0 Å². The third-order valence-electron chi connectivity index (χ3n) is 3.00. The lowest BCUT2D eigenvalue weighted by atomic mass is 10.1. The maximum absolute atomic E-state index is 8.93. The predicted molar refractivity (Wildman–Crippen MR) is 86.1 cm³/mol. The van der Waals surface area contributed by atoms with Crippen LogP contribution in [-0.2, 0) is 6.42 Å². The maximum atomic E-state index is 8.93. The van der Waals surface area contributed by atoms with Gasteiger partial charge in [0.2, 0.25) is 0 Å². The van der Waals surface area contributed by atoms with Crippen LogP contribution in [0.1, 0.15) is 30.8 Å². The van der Waals surface area contributed by atoms with Gasteiger partial charge in [0, 0.05) is 12.0 Å². The van der Waals surface area contributed by atoms with Gasteiger partial charge in [0.05, 0.1) is 11.6 Å². The van der Waals surface area contributed by atoms with Gasteiger partial charge in [-0.25, -0.2) is 0 Å². The number of rotatable bonds is 7. The summed E-state index contributed by atoms with van der Waals surface area (Å²) < 4.78 is 0. The van der Waals surface area contributed by atoms with Crippen LogP contribution in [0.5, 0.6) is 0 Å². The summed E-state index contributed by atoms with van der Waals surface area (Å²) >= 11 is 1.61. The second-order valence-corrected chi connectivity index (χ2v) is 6.46. The zero-order chi connectivity index (χ0) is 15.1. The van der Waals surface area contributed by atoms with E-state index in [-0.39, 0.29) is 0 Å². The molecule has 21 heavy (non-hydrogen) atoms. The second-order valence-electron chi connectivity index (χ2n) is 5.40. The van der Waals surface area contributed by atoms with Gasteiger partial charge in [-0.05, 0) is 37.6 Å². The van der Waals surface area contributed by atoms with Gasteiger partial charge in [0.25, 0.3) is 0 Å². The number of nitriles is 1. The van der Waals surface area contributed by atoms with Crippen molar-refractivity contribution in [2.45, 2.75) is 26.7 Å². The van der Waals surface area contributed by atoms with Crippen molar-refractivity contribution >= 4 is 11.3 Å². The van der Waals surface area contributed by atoms with Gasteiger partial charge in [0.1, 0.15) is 10.0 Å². The highest BCUT2D eigenvalue weighted by molar-refractivity contribution is 7.14. The smallest absolute Gasteiger partial charge is 0.147 e. The van der Waals surface area contributed by atoms with Crippen LogP contribution in [0, 0.1) is 17.2 Å². The summed E-state index contributed by atoms with van der Waals surface area (Å²) in [6.45, 7) is 6.48. The van der Waals surface area contributed by atoms with E-state index in [2.05, 4.69) is 35.4 Å². The molecule has 0 saturated heterocycles. The molecule has 2 aromatic rings. The van der Waals surface area contributed by atoms with Crippen molar-refractivity contribution in [2.24, 2.45) is 5.92 Å². The van der Waals surface area contributed by atoms with Gasteiger partial charge in [-0.15, -0.1) is 10.2 Å². The monoisotopic (exact) mass is 300 g/mol. The van der Waals surface area contributed by atoms with E-state index in [1.165, 1.54) is 0 Å². The number of nitrogens with one attached hydrogen (secondary N) is 1. The van der Waals surface area contributed by atoms with Crippen molar-refractivity contribution in [1.29, 1.82) is 5.26 Å². The molecule has 0 amide bonds. The first kappa shape index (κ1) is 15.6. The van der Waals surface area contributed by atoms with Crippen molar-refractivity contribution in [1.82, 2.24) is 15.5 Å². The molecular weight excluding hydrogens is 280 g/mol. The maximum Gasteiger partial charge on any atom is 0.147 e. The van der Waals surface area contributed by atoms with Crippen LogP contribution >= 0.6 is 11.3 Å². The van der Waals surface area contributed by atoms with Crippen molar-refractivity contribution in [3.8, 4) is 16.6 Å². The van der Waals surface area contributed by atoms with Crippen molar-refractivity contribution in [3.05, 3.63) is 34.8 Å². The molecule has 110 valence electrons. The highest BCUT2D eigenvalue weighted by Gasteiger charge is 2.07. The van der Waals surface area contributed by atoms with Crippen LogP contribution in [-0.4, -0.2) is 23.3 Å². The SMILES string of the molecule is CC(C)CNCCCc1nnc(-c2cccc(C#N)c2)s1. The fourth-order valence-electron chi connectivity index (χ4n) is 1.95. The largest absolute Gasteiger partial charge is 0.316 e. The zero-order valence-corrected chi connectivity index (χ0v) is 13.3. The molecule has 0 unspecified atom stereocenters. The Morgan fingerprint density at radius 2 is 2.19 bits per heavy atom. The molecule has 5 heteroatoms. The molecule has 0 aliphatic heterocycles. The molecule has 2 rings (SSSR count). The summed E-state index contributed by atoms with van der Waals surface area (Å²) in [6.07, 6.45) is 2.01. The summed E-state index contributed by atoms with van der Waals surface area (Å²) in [6, 6.07) is 9.65. The summed E-state index contributed by atoms with van der Waals surface area (Å²) in [5, 5.41) is 22.8. The minimum atomic E-state index is 0.655. The third-order valence-corrected chi connectivity index (χ3v) is 4.03. The molecule has 0 bridgehead atoms. The molecule has 0 spiro atoms. The summed E-state index contributed by atoms with van der Waals surface area (Å²) in [5.74, 6) is 0.686. The number of nitrogens with zero attached hydrogens (tertiary/aromatic N) is 3. The summed E-state index contributed by atoms with van der Waals surface area (Å²) in [5.41, 5.74) is 1.62. The first-order valence-corrected chi connectivity index (χ1v) is 8.04. The number of hydrogen-bond acceptors (Lipinski definition) is 5. The molecule has 0 fully saturated rings. The fraction of sp³-hybridized carbons (Fsp3) is 0.438. The average molecular weight is 300 g/mol. The van der Waals surface area contributed by atoms with Gasteiger partial charge < -0.3 is 5.32 Å². The minimum absolute atomic E-state index is 0.655. The van der Waals surface area contributed by atoms with E-state index in [4.69, 9.17) is 5.26 Å². The Balaban J connectivity index is 1.88. The van der Waals surface area contributed by atoms with Crippen LogP contribution in [0.4, 0.5) is 0 Å². The van der Waals surface area contributed by atoms with E-state index in [1.54, 1.807) is 17.4 Å². The lowest BCUT2D eigenvalue weighted by Crippen LogP contribution is -2.21. The molecule has 1 aromatic heterocycles. The quantitative estimate of drug-likeness (QED) is 0.797. The number of benzene rings is 1. The van der Waals surface area contributed by atoms with Gasteiger partial charge in [-0.3, -0.25) is 0 Å². The zero-order valence-electron chi connectivity index (χ0n) is 12.5. The topological polar surface area (TPSA) is 61.6 Å². The van der Waals surface area contributed by atoms with E-state index in [0.29, 0.717) is 11.5 Å². The van der Waals surface area contributed by atoms with Crippen LogP contribution in [0.15, 0.2) is 24.3 Å². The molecule has 0 saturated carbocycles. The number of hydrogen-bond donors (Lipinski definition) is 1. The summed E-state index contributed by atoms with van der Waals surface area (Å²) in [7, 11) is 0. The van der Waals surface area contributed by atoms with Crippen LogP contribution < -0.4 is 5.32 Å². The van der Waals surface area contributed by atoms with Gasteiger partial charge >= 0.3 is 0 Å². The molecule has 0 aliphatic rings. The highest BCUT2D eigenvalue weighted by atomic mass is 32.1. The lowest BCUT2D eigenvalue weighted by molar-refractivity contribution is 0.542. The molecule has 0 radical (unpaired) electrons. The van der Waals surface area contributed by atoms with Crippen LogP contribution in [0.2, 0.25) is 0 Å². The highest BCUT2D eigenvalue weighted by Crippen LogP contribution is 2.24. The lowest BCUT2D eigenvalue weighted by Gasteiger charge is -2.05. The number of aryl methyl sites for hydroxylation is 1. The third kappa shape index (κ3) is 4.92. The number of aromatic nitrogens is 2. The van der Waals surface area contributed by atoms with Gasteiger partial charge in [-0.2, -0.15) is 5.26 Å². The molecule has 0 aliphatic carbocycles. The van der Waals surface area contributed by atoms with E-state index in [0.717, 1.165) is 41.5 Å². The normalized spacial score (nSPS) is 10.8. The van der Waals surface area contributed by atoms with Crippen molar-refractivity contribution < 1.29 is 0 Å². The Hall–Kier alpha value is -1.77. The minimum Gasteiger partial charge on any atom is -0.316 e. The van der Waals surface area contributed by atoms with Crippen LogP contribution in [0.3, 0.4) is 0 Å². The Morgan fingerprint density at radius 3 is 2.95 bits per heavy atom. The molecule has 4 nitrogen and oxygen atoms in total. The first-order chi connectivity index (χ1) is 10.2. The van der Waals surface area contributed by atoms with Gasteiger partial charge in [-0.1, -0.05) is 37.3 Å². The molecule has 1 N–H and O–H groups in total. The summed E-state index contributed by atoms with van der Waals surface area (Å²) in [4.78, 5) is 0. The fourth-order valence-corrected chi connectivity index (χ4v) is 2.83. The Labute approximate surface area is 129 Å². The standard InChI is InChI=1S/C16H20N4S/c1-12(2)11-18-8-4-7-15-19-20-16(21-15)14-6-3-5-13(9-14)10-17/h3,5-6,9,12,18H,4,7-8,11H2,1-2H3. The average Bonchev–Trinajstić information content (AvgIpc) is 2.95. The first-order valence-electron chi connectivity index (χ1n) is 7.22. The Morgan fingerprint density at radius 1 is 1.33 bits per heavy atom. The molecular formula is C16H20N4S. The van der Waals surface area contributed by atoms with E-state index in [9.17, 15) is 0 Å². The van der Waals surface area contributed by atoms with Crippen LogP contribution in [0.25, 0.3) is 10.6 Å². The van der Waals surface area contributed by atoms with E-state index < -0.39 is 0 Å². The Kier molecular flexibility index (Phi) is 5.85.